The molecule has 0 atom stereocenters. The van der Waals surface area contributed by atoms with Crippen LogP contribution < -0.4 is 5.73 Å². The highest BCUT2D eigenvalue weighted by molar-refractivity contribution is 6.12. The highest BCUT2D eigenvalue weighted by Gasteiger charge is 2.15. The van der Waals surface area contributed by atoms with Gasteiger partial charge in [0, 0.05) is 22.2 Å². The van der Waals surface area contributed by atoms with E-state index in [0.717, 1.165) is 16.4 Å². The molecule has 0 aliphatic carbocycles. The first-order valence-electron chi connectivity index (χ1n) is 6.50. The van der Waals surface area contributed by atoms with Crippen molar-refractivity contribution in [2.24, 2.45) is 16.0 Å². The second-order valence-corrected chi connectivity index (χ2v) is 4.85. The summed E-state index contributed by atoms with van der Waals surface area (Å²) >= 11 is 0. The Balaban J connectivity index is 2.07. The van der Waals surface area contributed by atoms with Gasteiger partial charge < -0.3 is 20.2 Å². The molecular weight excluding hydrogens is 284 g/mol. The molecule has 108 valence electrons. The molecule has 2 heterocycles. The molecule has 7 heteroatoms. The first-order chi connectivity index (χ1) is 10.6. The summed E-state index contributed by atoms with van der Waals surface area (Å²) < 4.78 is 5.78. The molecule has 2 aromatic heterocycles. The maximum Gasteiger partial charge on any atom is 0.356 e. The minimum Gasteiger partial charge on any atom is -0.493 e. The first-order valence-corrected chi connectivity index (χ1v) is 6.50. The number of H-pyrrole nitrogens is 1. The standard InChI is InChI=1S/C15H10N4O3/c16-15(21)19-18-13-9-5-8-7-3-1-2-4-11(7)22-12(8)6-10(9)17-14(13)20/h1-6,17,20H,(H2,16,21). The second kappa shape index (κ2) is 4.32. The molecule has 0 unspecified atom stereocenters. The molecule has 4 aromatic rings. The number of carbonyl (C=O) groups excluding carboxylic acids is 1. The lowest BCUT2D eigenvalue weighted by atomic mass is 10.1. The van der Waals surface area contributed by atoms with Gasteiger partial charge in [0.25, 0.3) is 0 Å². The monoisotopic (exact) mass is 294 g/mol. The number of nitrogens with one attached hydrogen (secondary N) is 1. The average molecular weight is 294 g/mol. The maximum atomic E-state index is 10.7. The van der Waals surface area contributed by atoms with Gasteiger partial charge in [-0.2, -0.15) is 0 Å². The lowest BCUT2D eigenvalue weighted by Crippen LogP contribution is -2.01. The zero-order valence-electron chi connectivity index (χ0n) is 11.2. The van der Waals surface area contributed by atoms with Crippen LogP contribution in [-0.4, -0.2) is 16.1 Å². The van der Waals surface area contributed by atoms with Gasteiger partial charge in [-0.1, -0.05) is 23.3 Å². The number of azo groups is 1. The molecule has 0 saturated heterocycles. The van der Waals surface area contributed by atoms with Gasteiger partial charge in [0.2, 0.25) is 5.88 Å². The van der Waals surface area contributed by atoms with Crippen LogP contribution in [0.4, 0.5) is 10.5 Å². The van der Waals surface area contributed by atoms with Crippen LogP contribution in [0.3, 0.4) is 0 Å². The summed E-state index contributed by atoms with van der Waals surface area (Å²) in [5, 5.41) is 19.4. The van der Waals surface area contributed by atoms with Crippen molar-refractivity contribution in [1.29, 1.82) is 0 Å². The molecule has 0 spiro atoms. The number of primary amides is 1. The van der Waals surface area contributed by atoms with E-state index in [1.54, 1.807) is 6.07 Å². The van der Waals surface area contributed by atoms with Gasteiger partial charge in [0.05, 0.1) is 5.52 Å². The van der Waals surface area contributed by atoms with E-state index < -0.39 is 6.03 Å². The van der Waals surface area contributed by atoms with E-state index in [1.165, 1.54) is 0 Å². The summed E-state index contributed by atoms with van der Waals surface area (Å²) in [5.41, 5.74) is 7.20. The fourth-order valence-corrected chi connectivity index (χ4v) is 2.59. The second-order valence-electron chi connectivity index (χ2n) is 4.85. The van der Waals surface area contributed by atoms with E-state index in [0.29, 0.717) is 16.5 Å². The number of aromatic amines is 1. The molecule has 0 bridgehead atoms. The molecule has 4 N–H and O–H groups in total. The SMILES string of the molecule is NC(=O)N=Nc1c(O)[nH]c2cc3oc4ccccc4c3cc12. The Morgan fingerprint density at radius 2 is 1.95 bits per heavy atom. The minimum atomic E-state index is -0.927. The Hall–Kier alpha value is -3.35. The topological polar surface area (TPSA) is 117 Å². The van der Waals surface area contributed by atoms with Gasteiger partial charge in [-0.05, 0) is 12.1 Å². The van der Waals surface area contributed by atoms with E-state index in [4.69, 9.17) is 10.2 Å². The van der Waals surface area contributed by atoms with Gasteiger partial charge in [-0.15, -0.1) is 5.11 Å². The number of furan rings is 1. The van der Waals surface area contributed by atoms with Crippen LogP contribution in [-0.2, 0) is 0 Å². The Labute approximate surface area is 123 Å². The number of rotatable bonds is 1. The number of urea groups is 1. The van der Waals surface area contributed by atoms with Crippen molar-refractivity contribution in [3.8, 4) is 5.88 Å². The van der Waals surface area contributed by atoms with Crippen molar-refractivity contribution < 1.29 is 14.3 Å². The number of aromatic nitrogens is 1. The fourth-order valence-electron chi connectivity index (χ4n) is 2.59. The number of fused-ring (bicyclic) bond motifs is 4. The molecule has 22 heavy (non-hydrogen) atoms. The van der Waals surface area contributed by atoms with Crippen LogP contribution in [0.5, 0.6) is 5.88 Å². The third kappa shape index (κ3) is 1.72. The Morgan fingerprint density at radius 3 is 2.77 bits per heavy atom. The summed E-state index contributed by atoms with van der Waals surface area (Å²) in [4.78, 5) is 13.5. The van der Waals surface area contributed by atoms with E-state index in [9.17, 15) is 9.90 Å². The van der Waals surface area contributed by atoms with Gasteiger partial charge in [-0.3, -0.25) is 0 Å². The largest absolute Gasteiger partial charge is 0.493 e. The summed E-state index contributed by atoms with van der Waals surface area (Å²) in [6.07, 6.45) is 0. The van der Waals surface area contributed by atoms with Gasteiger partial charge in [0.1, 0.15) is 11.2 Å². The molecule has 0 radical (unpaired) electrons. The highest BCUT2D eigenvalue weighted by atomic mass is 16.3. The summed E-state index contributed by atoms with van der Waals surface area (Å²) in [6.45, 7) is 0. The van der Waals surface area contributed by atoms with Crippen LogP contribution in [0.15, 0.2) is 51.0 Å². The highest BCUT2D eigenvalue weighted by Crippen LogP contribution is 2.39. The molecule has 0 saturated carbocycles. The van der Waals surface area contributed by atoms with Crippen molar-refractivity contribution in [2.75, 3.05) is 0 Å². The molecular formula is C15H10N4O3. The lowest BCUT2D eigenvalue weighted by Gasteiger charge is -1.92. The molecule has 4 rings (SSSR count). The Bertz CT molecular complexity index is 1070. The number of hydrogen-bond donors (Lipinski definition) is 3. The number of amides is 2. The van der Waals surface area contributed by atoms with Crippen LogP contribution >= 0.6 is 0 Å². The predicted octanol–water partition coefficient (Wildman–Crippen LogP) is 3.94. The maximum absolute atomic E-state index is 10.7. The van der Waals surface area contributed by atoms with Crippen LogP contribution in [0, 0.1) is 0 Å². The zero-order valence-corrected chi connectivity index (χ0v) is 11.2. The van der Waals surface area contributed by atoms with Crippen molar-refractivity contribution in [3.63, 3.8) is 0 Å². The number of nitrogens with zero attached hydrogens (tertiary/aromatic N) is 2. The third-order valence-electron chi connectivity index (χ3n) is 3.50. The normalized spacial score (nSPS) is 12.0. The van der Waals surface area contributed by atoms with E-state index in [2.05, 4.69) is 15.2 Å². The van der Waals surface area contributed by atoms with Crippen LogP contribution in [0.2, 0.25) is 0 Å². The van der Waals surface area contributed by atoms with Gasteiger partial charge in [0.15, 0.2) is 5.69 Å². The summed E-state index contributed by atoms with van der Waals surface area (Å²) in [5.74, 6) is -0.183. The number of para-hydroxylation sites is 1. The molecule has 0 aliphatic rings. The number of benzene rings is 2. The molecule has 2 amide bonds. The zero-order chi connectivity index (χ0) is 15.3. The molecule has 0 aliphatic heterocycles. The van der Waals surface area contributed by atoms with Crippen LogP contribution in [0.25, 0.3) is 32.8 Å². The van der Waals surface area contributed by atoms with Crippen LogP contribution in [0.1, 0.15) is 0 Å². The molecule has 7 nitrogen and oxygen atoms in total. The number of hydrogen-bond acceptors (Lipinski definition) is 4. The Kier molecular flexibility index (Phi) is 2.43. The lowest BCUT2D eigenvalue weighted by molar-refractivity contribution is 0.255. The van der Waals surface area contributed by atoms with E-state index >= 15 is 0 Å². The smallest absolute Gasteiger partial charge is 0.356 e. The van der Waals surface area contributed by atoms with Crippen molar-refractivity contribution in [3.05, 3.63) is 36.4 Å². The van der Waals surface area contributed by atoms with E-state index in [-0.39, 0.29) is 11.6 Å². The van der Waals surface area contributed by atoms with E-state index in [1.807, 2.05) is 30.3 Å². The van der Waals surface area contributed by atoms with Crippen molar-refractivity contribution in [2.45, 2.75) is 0 Å². The summed E-state index contributed by atoms with van der Waals surface area (Å²) in [7, 11) is 0. The van der Waals surface area contributed by atoms with Crippen molar-refractivity contribution in [1.82, 2.24) is 4.98 Å². The number of nitrogens with two attached hydrogens (primary N) is 1. The van der Waals surface area contributed by atoms with Gasteiger partial charge in [-0.25, -0.2) is 4.79 Å². The molecule has 2 aromatic carbocycles. The molecule has 0 fully saturated rings. The fraction of sp³-hybridized carbons (Fsp3) is 0. The minimum absolute atomic E-state index is 0.168. The first kappa shape index (κ1) is 12.4. The number of carbonyl (C=O) groups is 1. The average Bonchev–Trinajstić information content (AvgIpc) is 2.99. The summed E-state index contributed by atoms with van der Waals surface area (Å²) in [6, 6.07) is 10.3. The number of aromatic hydroxyl groups is 1. The predicted molar refractivity (Wildman–Crippen MR) is 81.3 cm³/mol. The van der Waals surface area contributed by atoms with Crippen molar-refractivity contribution >= 4 is 44.6 Å². The third-order valence-corrected chi connectivity index (χ3v) is 3.50. The van der Waals surface area contributed by atoms with Gasteiger partial charge >= 0.3 is 6.03 Å². The quantitative estimate of drug-likeness (QED) is 0.461. The Morgan fingerprint density at radius 1 is 1.14 bits per heavy atom.